The summed E-state index contributed by atoms with van der Waals surface area (Å²) in [6.07, 6.45) is 2.25. The number of ether oxygens (including phenoxy) is 3. The van der Waals surface area contributed by atoms with Crippen LogP contribution in [0.3, 0.4) is 0 Å². The van der Waals surface area contributed by atoms with Crippen molar-refractivity contribution in [3.05, 3.63) is 50.7 Å². The van der Waals surface area contributed by atoms with Crippen molar-refractivity contribution in [1.29, 1.82) is 0 Å². The van der Waals surface area contributed by atoms with Crippen LogP contribution in [0.4, 0.5) is 0 Å². The number of nitrogens with zero attached hydrogens (tertiary/aromatic N) is 3. The molecule has 2 heterocycles. The number of hydrazone groups is 1. The van der Waals surface area contributed by atoms with Crippen molar-refractivity contribution in [3.63, 3.8) is 0 Å². The number of esters is 1. The van der Waals surface area contributed by atoms with Crippen LogP contribution >= 0.6 is 31.9 Å². The zero-order chi connectivity index (χ0) is 21.1. The maximum Gasteiger partial charge on any atom is 0.308 e. The van der Waals surface area contributed by atoms with Crippen LogP contribution in [0.1, 0.15) is 38.1 Å². The third-order valence-corrected chi connectivity index (χ3v) is 4.67. The Kier molecular flexibility index (Phi) is 6.53. The van der Waals surface area contributed by atoms with Gasteiger partial charge in [-0.15, -0.1) is 5.10 Å². The third-order valence-electron chi connectivity index (χ3n) is 3.78. The number of halogens is 2. The molecule has 29 heavy (non-hydrogen) atoms. The van der Waals surface area contributed by atoms with Crippen molar-refractivity contribution in [2.75, 3.05) is 6.61 Å². The van der Waals surface area contributed by atoms with E-state index in [0.717, 1.165) is 4.47 Å². The molecule has 1 amide bonds. The first-order valence-corrected chi connectivity index (χ1v) is 10.2. The summed E-state index contributed by atoms with van der Waals surface area (Å²) in [4.78, 5) is 28.1. The highest BCUT2D eigenvalue weighted by molar-refractivity contribution is 9.10. The van der Waals surface area contributed by atoms with Gasteiger partial charge < -0.3 is 14.2 Å². The van der Waals surface area contributed by atoms with E-state index in [-0.39, 0.29) is 17.6 Å². The Balaban J connectivity index is 2.09. The number of carbonyl (C=O) groups excluding carboxylic acids is 2. The number of aromatic nitrogens is 1. The molecule has 8 nitrogen and oxygen atoms in total. The van der Waals surface area contributed by atoms with Gasteiger partial charge in [-0.05, 0) is 41.1 Å². The Hall–Kier alpha value is -2.46. The molecule has 1 atom stereocenters. The molecule has 1 aliphatic heterocycles. The Morgan fingerprint density at radius 1 is 1.17 bits per heavy atom. The van der Waals surface area contributed by atoms with Crippen LogP contribution < -0.4 is 9.47 Å². The van der Waals surface area contributed by atoms with Crippen molar-refractivity contribution in [3.8, 4) is 11.5 Å². The van der Waals surface area contributed by atoms with Crippen LogP contribution in [0.15, 0.2) is 44.6 Å². The van der Waals surface area contributed by atoms with Gasteiger partial charge in [0.2, 0.25) is 18.0 Å². The molecular weight excluding hydrogens is 510 g/mol. The first-order chi connectivity index (χ1) is 13.8. The van der Waals surface area contributed by atoms with Gasteiger partial charge in [0.05, 0.1) is 17.7 Å². The van der Waals surface area contributed by atoms with Gasteiger partial charge in [-0.3, -0.25) is 14.6 Å². The lowest BCUT2D eigenvalue weighted by atomic mass is 10.1. The monoisotopic (exact) mass is 525 g/mol. The van der Waals surface area contributed by atoms with Crippen molar-refractivity contribution < 1.29 is 23.8 Å². The number of carbonyl (C=O) groups is 2. The smallest absolute Gasteiger partial charge is 0.308 e. The normalized spacial score (nSPS) is 15.6. The van der Waals surface area contributed by atoms with Crippen molar-refractivity contribution in [1.82, 2.24) is 9.99 Å². The van der Waals surface area contributed by atoms with E-state index in [1.165, 1.54) is 18.9 Å². The minimum Gasteiger partial charge on any atom is -0.490 e. The summed E-state index contributed by atoms with van der Waals surface area (Å²) in [5.41, 5.74) is 0.997. The lowest BCUT2D eigenvalue weighted by Gasteiger charge is -2.23. The maximum absolute atomic E-state index is 12.3. The lowest BCUT2D eigenvalue weighted by molar-refractivity contribution is -0.135. The molecule has 0 aliphatic carbocycles. The van der Waals surface area contributed by atoms with Crippen LogP contribution in [0.25, 0.3) is 0 Å². The molecule has 0 N–H and O–H groups in total. The topological polar surface area (TPSA) is 90.3 Å². The Morgan fingerprint density at radius 2 is 1.93 bits per heavy atom. The second kappa shape index (κ2) is 8.91. The van der Waals surface area contributed by atoms with E-state index in [1.807, 2.05) is 6.92 Å². The molecule has 1 aliphatic rings. The maximum atomic E-state index is 12.3. The van der Waals surface area contributed by atoms with Crippen LogP contribution in [0.5, 0.6) is 11.5 Å². The standard InChI is InChI=1S/C19H17Br2N3O5/c1-4-27-16-7-13(20)6-15(17(16)28-11(3)26)19-24(10(2)25)23-18(29-19)12-5-14(21)9-22-8-12/h5-9,19H,4H2,1-3H3/t19-/m1/s1. The second-order valence-corrected chi connectivity index (χ2v) is 7.81. The zero-order valence-corrected chi connectivity index (χ0v) is 19.0. The molecule has 152 valence electrons. The van der Waals surface area contributed by atoms with Crippen LogP contribution in [-0.2, 0) is 14.3 Å². The molecule has 3 rings (SSSR count). The van der Waals surface area contributed by atoms with Crippen molar-refractivity contribution in [2.24, 2.45) is 5.10 Å². The fraction of sp³-hybridized carbons (Fsp3) is 0.263. The first kappa shape index (κ1) is 21.3. The summed E-state index contributed by atoms with van der Waals surface area (Å²) in [6, 6.07) is 5.14. The molecule has 0 radical (unpaired) electrons. The van der Waals surface area contributed by atoms with Crippen LogP contribution in [-0.4, -0.2) is 34.4 Å². The minimum absolute atomic E-state index is 0.169. The predicted molar refractivity (Wildman–Crippen MR) is 111 cm³/mol. The second-order valence-electron chi connectivity index (χ2n) is 5.98. The van der Waals surface area contributed by atoms with E-state index in [4.69, 9.17) is 14.2 Å². The predicted octanol–water partition coefficient (Wildman–Crippen LogP) is 4.17. The molecule has 0 unspecified atom stereocenters. The SMILES string of the molecule is CCOc1cc(Br)cc([C@H]2OC(c3cncc(Br)c3)=NN2C(C)=O)c1OC(C)=O. The Bertz CT molecular complexity index is 996. The van der Waals surface area contributed by atoms with Gasteiger partial charge in [0.15, 0.2) is 11.5 Å². The summed E-state index contributed by atoms with van der Waals surface area (Å²) in [5.74, 6) is -0.149. The van der Waals surface area contributed by atoms with Gasteiger partial charge in [-0.2, -0.15) is 5.01 Å². The first-order valence-electron chi connectivity index (χ1n) is 8.60. The number of pyridine rings is 1. The van der Waals surface area contributed by atoms with Crippen LogP contribution in [0, 0.1) is 0 Å². The van der Waals surface area contributed by atoms with E-state index in [9.17, 15) is 9.59 Å². The number of hydrogen-bond acceptors (Lipinski definition) is 7. The number of rotatable bonds is 5. The van der Waals surface area contributed by atoms with Gasteiger partial charge in [-0.1, -0.05) is 15.9 Å². The molecule has 0 fully saturated rings. The average Bonchev–Trinajstić information content (AvgIpc) is 3.09. The summed E-state index contributed by atoms with van der Waals surface area (Å²) in [7, 11) is 0. The molecule has 1 aromatic heterocycles. The minimum atomic E-state index is -0.951. The molecule has 1 aromatic carbocycles. The van der Waals surface area contributed by atoms with E-state index >= 15 is 0 Å². The van der Waals surface area contributed by atoms with Crippen molar-refractivity contribution >= 4 is 49.6 Å². The molecule has 2 aromatic rings. The average molecular weight is 527 g/mol. The fourth-order valence-electron chi connectivity index (χ4n) is 2.70. The van der Waals surface area contributed by atoms with E-state index in [2.05, 4.69) is 41.9 Å². The lowest BCUT2D eigenvalue weighted by Crippen LogP contribution is -2.26. The molecule has 0 spiro atoms. The third kappa shape index (κ3) is 4.76. The van der Waals surface area contributed by atoms with E-state index in [1.54, 1.807) is 30.6 Å². The van der Waals surface area contributed by atoms with Gasteiger partial charge in [0.25, 0.3) is 0 Å². The zero-order valence-electron chi connectivity index (χ0n) is 15.8. The van der Waals surface area contributed by atoms with E-state index < -0.39 is 12.2 Å². The van der Waals surface area contributed by atoms with Gasteiger partial charge in [-0.25, -0.2) is 0 Å². The summed E-state index contributed by atoms with van der Waals surface area (Å²) < 4.78 is 18.4. The summed E-state index contributed by atoms with van der Waals surface area (Å²) >= 11 is 6.78. The Labute approximate surface area is 184 Å². The number of amides is 1. The number of hydrogen-bond donors (Lipinski definition) is 0. The Morgan fingerprint density at radius 3 is 2.55 bits per heavy atom. The highest BCUT2D eigenvalue weighted by atomic mass is 79.9. The largest absolute Gasteiger partial charge is 0.490 e. The van der Waals surface area contributed by atoms with E-state index in [0.29, 0.717) is 28.0 Å². The number of benzene rings is 1. The molecule has 10 heteroatoms. The molecule has 0 saturated carbocycles. The quantitative estimate of drug-likeness (QED) is 0.429. The van der Waals surface area contributed by atoms with Gasteiger partial charge in [0.1, 0.15) is 0 Å². The van der Waals surface area contributed by atoms with Gasteiger partial charge in [0, 0.05) is 35.2 Å². The van der Waals surface area contributed by atoms with Crippen molar-refractivity contribution in [2.45, 2.75) is 27.0 Å². The molecular formula is C19H17Br2N3O5. The summed E-state index contributed by atoms with van der Waals surface area (Å²) in [6.45, 7) is 4.83. The highest BCUT2D eigenvalue weighted by Crippen LogP contribution is 2.43. The van der Waals surface area contributed by atoms with Crippen LogP contribution in [0.2, 0.25) is 0 Å². The highest BCUT2D eigenvalue weighted by Gasteiger charge is 2.37. The fourth-order valence-corrected chi connectivity index (χ4v) is 3.52. The molecule has 0 saturated heterocycles. The summed E-state index contributed by atoms with van der Waals surface area (Å²) in [5, 5.41) is 5.48. The van der Waals surface area contributed by atoms with Gasteiger partial charge >= 0.3 is 5.97 Å². The molecule has 0 bridgehead atoms.